The summed E-state index contributed by atoms with van der Waals surface area (Å²) >= 11 is -1.91. The van der Waals surface area contributed by atoms with E-state index in [1.807, 2.05) is 0 Å². The minimum atomic E-state index is -3.10. The Morgan fingerprint density at radius 2 is 1.62 bits per heavy atom. The second-order valence-electron chi connectivity index (χ2n) is 13.3. The van der Waals surface area contributed by atoms with Crippen LogP contribution in [0.1, 0.15) is 6.42 Å². The van der Waals surface area contributed by atoms with Gasteiger partial charge in [-0.05, 0) is 0 Å². The molecule has 1 spiro atoms. The van der Waals surface area contributed by atoms with Crippen LogP contribution >= 0.6 is 0 Å². The van der Waals surface area contributed by atoms with E-state index in [0.717, 1.165) is 19.7 Å². The van der Waals surface area contributed by atoms with E-state index in [2.05, 4.69) is 14.8 Å². The monoisotopic (exact) mass is 438 g/mol. The van der Waals surface area contributed by atoms with Crippen molar-refractivity contribution in [3.05, 3.63) is 0 Å². The van der Waals surface area contributed by atoms with Crippen molar-refractivity contribution in [1.29, 1.82) is 0 Å². The molecule has 10 aliphatic rings. The first-order valence-corrected chi connectivity index (χ1v) is 25.3. The first kappa shape index (κ1) is 10.3. The topological polar surface area (TPSA) is 29.5 Å². The fourth-order valence-electron chi connectivity index (χ4n) is 20.1. The van der Waals surface area contributed by atoms with Crippen molar-refractivity contribution in [1.82, 2.24) is 0 Å². The van der Waals surface area contributed by atoms with Gasteiger partial charge in [-0.3, -0.25) is 0 Å². The van der Waals surface area contributed by atoms with Gasteiger partial charge in [0.25, 0.3) is 0 Å². The Morgan fingerprint density at radius 1 is 1.00 bits per heavy atom. The molecule has 21 heavy (non-hydrogen) atoms. The Morgan fingerprint density at radius 3 is 2.00 bits per heavy atom. The molecule has 0 saturated carbocycles. The third-order valence-corrected chi connectivity index (χ3v) is 86.0. The van der Waals surface area contributed by atoms with Gasteiger partial charge >= 0.3 is 121 Å². The molecule has 10 fully saturated rings. The molecule has 0 aromatic carbocycles. The van der Waals surface area contributed by atoms with Gasteiger partial charge in [-0.1, -0.05) is 0 Å². The van der Waals surface area contributed by atoms with Crippen LogP contribution in [-0.2, 0) is 11.2 Å². The Labute approximate surface area is 120 Å². The summed E-state index contributed by atoms with van der Waals surface area (Å²) < 4.78 is 8.34. The van der Waals surface area contributed by atoms with Gasteiger partial charge in [-0.15, -0.1) is 0 Å². The molecule has 10 aliphatic heterocycles. The molecule has 0 amide bonds. The van der Waals surface area contributed by atoms with Gasteiger partial charge in [-0.2, -0.15) is 0 Å². The van der Waals surface area contributed by atoms with Crippen molar-refractivity contribution < 1.29 is 16.4 Å². The van der Waals surface area contributed by atoms with Crippen molar-refractivity contribution in [3.63, 3.8) is 0 Å². The minimum absolute atomic E-state index is 0.307. The third kappa shape index (κ3) is 0.132. The normalized spacial score (nSPS) is 103. The number of hydrogen-bond acceptors (Lipinski definition) is 2. The molecule has 4 heteroatoms. The van der Waals surface area contributed by atoms with Crippen LogP contribution in [0.25, 0.3) is 0 Å². The Balaban J connectivity index is 1.33. The van der Waals surface area contributed by atoms with Crippen LogP contribution in [0.2, 0.25) is 60.0 Å². The molecule has 0 bridgehead atoms. The molecule has 10 saturated heterocycles. The van der Waals surface area contributed by atoms with E-state index in [-0.39, 0.29) is 0 Å². The summed E-state index contributed by atoms with van der Waals surface area (Å²) in [6.07, 6.45) is 0.855. The van der Waals surface area contributed by atoms with Crippen LogP contribution in [0.5, 0.6) is 0 Å². The molecule has 0 aromatic heterocycles. The summed E-state index contributed by atoms with van der Waals surface area (Å²) in [7, 11) is 0. The van der Waals surface area contributed by atoms with Crippen LogP contribution in [0, 0.1) is 0 Å². The van der Waals surface area contributed by atoms with E-state index in [0.29, 0.717) is 6.61 Å². The van der Waals surface area contributed by atoms with Crippen LogP contribution in [-0.4, -0.2) is 43.3 Å². The number of rotatable bonds is 6. The molecule has 0 aliphatic carbocycles. The molecule has 118 valence electrons. The van der Waals surface area contributed by atoms with Crippen molar-refractivity contribution in [3.8, 4) is 0 Å². The van der Waals surface area contributed by atoms with Crippen LogP contribution in [0.15, 0.2) is 0 Å². The van der Waals surface area contributed by atoms with Gasteiger partial charge in [0.05, 0.1) is 0 Å². The van der Waals surface area contributed by atoms with Crippen LogP contribution < -0.4 is 0 Å². The molecule has 10 rings (SSSR count). The Hall–Kier alpha value is 1.24. The average Bonchev–Trinajstić information content (AvgIpc) is 3.35. The van der Waals surface area contributed by atoms with Gasteiger partial charge in [0.1, 0.15) is 0 Å². The standard InChI is InChI=1S/C9H12O2.C5H5.3CH3.Fe.Sn/c10-6-3-7-11-8-9-4-1-2-5-9;1-2-4-5-3-1;;;;;/h1-2,4,10H,3,6-8H2;1-5H;3*1H3;;. The third-order valence-electron chi connectivity index (χ3n) is 17.0. The fourth-order valence-corrected chi connectivity index (χ4v) is 167. The molecule has 10 heterocycles. The molecule has 2 nitrogen and oxygen atoms in total. The molecule has 5 unspecified atom stereocenters. The van der Waals surface area contributed by atoms with Crippen molar-refractivity contribution >= 4 is 18.4 Å². The fraction of sp³-hybridized carbons (Fsp3) is 1.00. The number of aliphatic hydroxyl groups excluding tert-OH is 1. The first-order chi connectivity index (χ1) is 9.75. The van der Waals surface area contributed by atoms with E-state index in [1.54, 1.807) is 0 Å². The predicted octanol–water partition coefficient (Wildman–Crippen LogP) is 4.39. The maximum atomic E-state index is 9.06. The van der Waals surface area contributed by atoms with E-state index < -0.39 is 24.9 Å². The summed E-state index contributed by atoms with van der Waals surface area (Å²) in [6.45, 7) is -0.765. The van der Waals surface area contributed by atoms with Crippen LogP contribution in [0.4, 0.5) is 0 Å². The molecular formula is C17H26FeO2Sn. The average molecular weight is 437 g/mol. The Kier molecular flexibility index (Phi) is 0.490. The summed E-state index contributed by atoms with van der Waals surface area (Å²) in [6, 6.07) is 0. The van der Waals surface area contributed by atoms with E-state index in [4.69, 9.17) is 9.84 Å². The number of ether oxygens (including phenoxy) is 1. The van der Waals surface area contributed by atoms with E-state index in [1.165, 1.54) is 45.1 Å². The van der Waals surface area contributed by atoms with Crippen molar-refractivity contribution in [2.75, 3.05) is 19.8 Å². The number of fused-ring (bicyclic) bond motifs is 10. The van der Waals surface area contributed by atoms with Gasteiger partial charge < -0.3 is 0 Å². The quantitative estimate of drug-likeness (QED) is 0.494. The van der Waals surface area contributed by atoms with Gasteiger partial charge in [0.15, 0.2) is 0 Å². The second kappa shape index (κ2) is 1.00. The van der Waals surface area contributed by atoms with E-state index >= 15 is 0 Å². The molecule has 0 radical (unpaired) electrons. The van der Waals surface area contributed by atoms with Gasteiger partial charge in [-0.25, -0.2) is 0 Å². The van der Waals surface area contributed by atoms with Crippen molar-refractivity contribution in [2.45, 2.75) is 66.4 Å². The zero-order chi connectivity index (χ0) is 14.0. The zero-order valence-corrected chi connectivity index (χ0v) is 17.1. The predicted molar refractivity (Wildman–Crippen MR) is 81.3 cm³/mol. The molecule has 0 aromatic rings. The first-order valence-electron chi connectivity index (χ1n) is 9.14. The van der Waals surface area contributed by atoms with Crippen molar-refractivity contribution in [2.24, 2.45) is 0 Å². The molecular weight excluding hydrogens is 411 g/mol. The summed E-state index contributed by atoms with van der Waals surface area (Å²) in [5.74, 6) is 0. The molecule has 1 N–H and O–H groups in total. The summed E-state index contributed by atoms with van der Waals surface area (Å²) in [5.41, 5.74) is 0. The van der Waals surface area contributed by atoms with Gasteiger partial charge in [0, 0.05) is 0 Å². The second-order valence-corrected chi connectivity index (χ2v) is 53.1. The molecule has 5 atom stereocenters. The zero-order valence-electron chi connectivity index (χ0n) is 13.2. The number of aliphatic hydroxyl groups is 1. The summed E-state index contributed by atoms with van der Waals surface area (Å²) in [4.78, 5) is 19.8. The maximum absolute atomic E-state index is 9.06. The SMILES string of the molecule is [CH3][Sn]([CH3])([CH3])[C]12[CH]3[CH]4[CH]5[C]1(COCCCO)[Fe]45321678[CH]2[CH]1[CH]6[CH]7[CH]28. The summed E-state index contributed by atoms with van der Waals surface area (Å²) in [5, 5.41) is 9.06. The van der Waals surface area contributed by atoms with Gasteiger partial charge in [0.2, 0.25) is 0 Å². The van der Waals surface area contributed by atoms with Crippen LogP contribution in [0.3, 0.4) is 0 Å². The number of hydrogen-bond donors (Lipinski definition) is 1. The Bertz CT molecular complexity index is 1050. The van der Waals surface area contributed by atoms with E-state index in [9.17, 15) is 0 Å².